The molecular weight excluding hydrogens is 92.1 g/mol. The average molecular weight is 101 g/mol. The Balaban J connectivity index is 3.56. The van der Waals surface area contributed by atoms with Crippen molar-refractivity contribution in [3.05, 3.63) is 5.73 Å². The van der Waals surface area contributed by atoms with Crippen LogP contribution in [0.5, 0.6) is 0 Å². The summed E-state index contributed by atoms with van der Waals surface area (Å²) < 4.78 is 0. The zero-order valence-corrected chi connectivity index (χ0v) is 4.47. The highest BCUT2D eigenvalue weighted by molar-refractivity contribution is 5.86. The van der Waals surface area contributed by atoms with Crippen LogP contribution in [0, 0.1) is 0 Å². The van der Waals surface area contributed by atoms with Crippen molar-refractivity contribution in [2.75, 3.05) is 14.1 Å². The summed E-state index contributed by atoms with van der Waals surface area (Å²) in [5, 5.41) is 1.14. The summed E-state index contributed by atoms with van der Waals surface area (Å²) in [7, 11) is 3.08. The van der Waals surface area contributed by atoms with Gasteiger partial charge in [0.15, 0.2) is 0 Å². The highest BCUT2D eigenvalue weighted by Gasteiger charge is 1.74. The molecule has 0 aliphatic rings. The Morgan fingerprint density at radius 3 is 2.29 bits per heavy atom. The molecule has 0 saturated carbocycles. The summed E-state index contributed by atoms with van der Waals surface area (Å²) in [5.41, 5.74) is 6.83. The van der Waals surface area contributed by atoms with Crippen LogP contribution in [0.4, 0.5) is 0 Å². The van der Waals surface area contributed by atoms with E-state index in [4.69, 9.17) is 11.6 Å². The van der Waals surface area contributed by atoms with E-state index in [-0.39, 0.29) is 5.96 Å². The van der Waals surface area contributed by atoms with Crippen molar-refractivity contribution >= 4 is 5.96 Å². The molecule has 0 radical (unpaired) electrons. The normalized spacial score (nSPS) is 11.6. The van der Waals surface area contributed by atoms with Gasteiger partial charge in [0.1, 0.15) is 0 Å². The first-order chi connectivity index (χ1) is 3.18. The maximum absolute atomic E-state index is 6.83. The van der Waals surface area contributed by atoms with E-state index in [0.29, 0.717) is 0 Å². The number of nitrogens with two attached hydrogens (primary N) is 1. The van der Waals surface area contributed by atoms with Crippen LogP contribution in [0.15, 0.2) is 4.99 Å². The van der Waals surface area contributed by atoms with Crippen molar-refractivity contribution < 1.29 is 0 Å². The molecule has 0 heterocycles. The predicted molar refractivity (Wildman–Crippen MR) is 29.6 cm³/mol. The van der Waals surface area contributed by atoms with E-state index in [1.165, 1.54) is 7.05 Å². The van der Waals surface area contributed by atoms with Gasteiger partial charge in [0.2, 0.25) is 0 Å². The molecule has 0 aromatic carbocycles. The molecule has 3 N–H and O–H groups in total. The summed E-state index contributed by atoms with van der Waals surface area (Å²) >= 11 is 0. The third-order valence-electron chi connectivity index (χ3n) is 0.546. The van der Waals surface area contributed by atoms with Gasteiger partial charge in [-0.1, -0.05) is 0 Å². The molecule has 0 atom stereocenters. The van der Waals surface area contributed by atoms with Gasteiger partial charge in [-0.3, -0.25) is 5.84 Å². The molecule has 0 saturated heterocycles. The van der Waals surface area contributed by atoms with Crippen LogP contribution < -0.4 is 5.84 Å². The average Bonchev–Trinajstić information content (AvgIpc) is 1.65. The Kier molecular flexibility index (Phi) is 2.15. The highest BCUT2D eigenvalue weighted by atomic mass is 15.4. The molecule has 0 aliphatic carbocycles. The molecule has 0 aromatic heterocycles. The standard InChI is InChI=1S/C3H9N4/c1-6-3(4)7(2)5/h5H2,1-2H3,(H-,4,6)/q-1. The maximum atomic E-state index is 6.83. The fourth-order valence-electron chi connectivity index (χ4n) is 0.158. The third kappa shape index (κ3) is 1.99. The van der Waals surface area contributed by atoms with Crippen LogP contribution in [0.1, 0.15) is 0 Å². The Hall–Kier alpha value is -0.770. The monoisotopic (exact) mass is 101 g/mol. The minimum absolute atomic E-state index is 0.0833. The van der Waals surface area contributed by atoms with Crippen molar-refractivity contribution in [1.29, 1.82) is 0 Å². The van der Waals surface area contributed by atoms with E-state index < -0.39 is 0 Å². The molecule has 0 spiro atoms. The summed E-state index contributed by atoms with van der Waals surface area (Å²) in [6.07, 6.45) is 0. The van der Waals surface area contributed by atoms with E-state index in [0.717, 1.165) is 5.01 Å². The first kappa shape index (κ1) is 6.23. The number of hydrogen-bond acceptors (Lipinski definition) is 2. The van der Waals surface area contributed by atoms with Crippen molar-refractivity contribution in [1.82, 2.24) is 5.01 Å². The number of hydrogen-bond donors (Lipinski definition) is 1. The second kappa shape index (κ2) is 2.41. The molecule has 42 valence electrons. The number of rotatable bonds is 0. The number of hydrazine groups is 1. The van der Waals surface area contributed by atoms with Crippen LogP contribution in [0.3, 0.4) is 0 Å². The Bertz CT molecular complexity index is 75.0. The zero-order valence-electron chi connectivity index (χ0n) is 4.47. The summed E-state index contributed by atoms with van der Waals surface area (Å²) in [6.45, 7) is 0. The summed E-state index contributed by atoms with van der Waals surface area (Å²) in [4.78, 5) is 3.47. The minimum atomic E-state index is 0.0833. The van der Waals surface area contributed by atoms with Crippen molar-refractivity contribution in [3.8, 4) is 0 Å². The fourth-order valence-corrected chi connectivity index (χ4v) is 0.158. The topological polar surface area (TPSA) is 65.4 Å². The highest BCUT2D eigenvalue weighted by Crippen LogP contribution is 1.74. The van der Waals surface area contributed by atoms with Gasteiger partial charge in [-0.15, -0.1) is 0 Å². The van der Waals surface area contributed by atoms with E-state index >= 15 is 0 Å². The second-order valence-corrected chi connectivity index (χ2v) is 1.16. The number of aliphatic imine (C=N–C) groups is 1. The second-order valence-electron chi connectivity index (χ2n) is 1.16. The molecule has 0 rings (SSSR count). The van der Waals surface area contributed by atoms with Gasteiger partial charge in [-0.2, -0.15) is 0 Å². The summed E-state index contributed by atoms with van der Waals surface area (Å²) in [5.74, 6) is 5.14. The van der Waals surface area contributed by atoms with E-state index in [2.05, 4.69) is 4.99 Å². The molecule has 0 unspecified atom stereocenters. The third-order valence-corrected chi connectivity index (χ3v) is 0.546. The number of nitrogens with one attached hydrogen (secondary N) is 1. The van der Waals surface area contributed by atoms with Gasteiger partial charge in [0.05, 0.1) is 0 Å². The van der Waals surface area contributed by atoms with Gasteiger partial charge >= 0.3 is 0 Å². The molecule has 0 aliphatic heterocycles. The molecule has 0 fully saturated rings. The lowest BCUT2D eigenvalue weighted by Crippen LogP contribution is -2.30. The van der Waals surface area contributed by atoms with Gasteiger partial charge in [0.25, 0.3) is 0 Å². The SMILES string of the molecule is CN=C([NH-])N(C)N. The van der Waals surface area contributed by atoms with Gasteiger partial charge < -0.3 is 15.7 Å². The van der Waals surface area contributed by atoms with Crippen LogP contribution in [-0.2, 0) is 0 Å². The van der Waals surface area contributed by atoms with Gasteiger partial charge in [-0.05, 0) is 14.1 Å². The maximum Gasteiger partial charge on any atom is 0.0175 e. The lowest BCUT2D eigenvalue weighted by atomic mass is 10.9. The van der Waals surface area contributed by atoms with Crippen molar-refractivity contribution in [3.63, 3.8) is 0 Å². The Labute approximate surface area is 42.8 Å². The molecule has 0 amide bonds. The molecule has 0 bridgehead atoms. The molecule has 7 heavy (non-hydrogen) atoms. The van der Waals surface area contributed by atoms with Crippen molar-refractivity contribution in [2.24, 2.45) is 10.8 Å². The summed E-state index contributed by atoms with van der Waals surface area (Å²) in [6, 6.07) is 0. The number of guanidine groups is 1. The number of nitrogens with zero attached hydrogens (tertiary/aromatic N) is 2. The van der Waals surface area contributed by atoms with Gasteiger partial charge in [-0.25, -0.2) is 0 Å². The van der Waals surface area contributed by atoms with Crippen molar-refractivity contribution in [2.45, 2.75) is 0 Å². The molecule has 0 aromatic rings. The van der Waals surface area contributed by atoms with E-state index in [9.17, 15) is 0 Å². The minimum Gasteiger partial charge on any atom is -0.410 e. The van der Waals surface area contributed by atoms with Crippen LogP contribution in [-0.4, -0.2) is 25.1 Å². The fraction of sp³-hybridized carbons (Fsp3) is 0.667. The predicted octanol–water partition coefficient (Wildman–Crippen LogP) is -0.170. The Morgan fingerprint density at radius 1 is 1.86 bits per heavy atom. The molecule has 4 heteroatoms. The largest absolute Gasteiger partial charge is 0.410 e. The smallest absolute Gasteiger partial charge is 0.0175 e. The van der Waals surface area contributed by atoms with Gasteiger partial charge in [0, 0.05) is 5.96 Å². The first-order valence-corrected chi connectivity index (χ1v) is 1.85. The Morgan fingerprint density at radius 2 is 2.29 bits per heavy atom. The lowest BCUT2D eigenvalue weighted by molar-refractivity contribution is 0.541. The lowest BCUT2D eigenvalue weighted by Gasteiger charge is -2.17. The van der Waals surface area contributed by atoms with E-state index in [1.807, 2.05) is 0 Å². The first-order valence-electron chi connectivity index (χ1n) is 1.85. The van der Waals surface area contributed by atoms with Crippen LogP contribution in [0.2, 0.25) is 0 Å². The quantitative estimate of drug-likeness (QED) is 0.199. The van der Waals surface area contributed by atoms with Crippen LogP contribution in [0.25, 0.3) is 5.73 Å². The molecule has 4 nitrogen and oxygen atoms in total. The van der Waals surface area contributed by atoms with E-state index in [1.54, 1.807) is 7.05 Å². The zero-order chi connectivity index (χ0) is 5.86. The van der Waals surface area contributed by atoms with Crippen LogP contribution >= 0.6 is 0 Å². The molecular formula is C3H9N4-.